The molecule has 1 N–H and O–H groups in total. The molecule has 3 aromatic carbocycles. The molecule has 0 atom stereocenters. The third kappa shape index (κ3) is 4.20. The molecule has 1 heterocycles. The molecule has 0 bridgehead atoms. The fraction of sp³-hybridized carbons (Fsp3) is 0.185. The SMILES string of the molecule is CCOc1ccc(C2=C(Nc3cc(OC)ccc3OC)C(=O)N(c3ccccc3C)C2=O)cc1. The van der Waals surface area contributed by atoms with Crippen molar-refractivity contribution in [3.05, 3.63) is 83.6 Å². The number of para-hydroxylation sites is 1. The summed E-state index contributed by atoms with van der Waals surface area (Å²) >= 11 is 0. The van der Waals surface area contributed by atoms with Crippen LogP contribution in [0.2, 0.25) is 0 Å². The van der Waals surface area contributed by atoms with Crippen LogP contribution in [-0.2, 0) is 9.59 Å². The maximum atomic E-state index is 13.7. The van der Waals surface area contributed by atoms with E-state index in [-0.39, 0.29) is 11.3 Å². The predicted octanol–water partition coefficient (Wildman–Crippen LogP) is 4.81. The molecule has 0 unspecified atom stereocenters. The Morgan fingerprint density at radius 2 is 1.56 bits per heavy atom. The Labute approximate surface area is 198 Å². The second-order valence-electron chi connectivity index (χ2n) is 7.63. The summed E-state index contributed by atoms with van der Waals surface area (Å²) in [7, 11) is 3.09. The summed E-state index contributed by atoms with van der Waals surface area (Å²) in [4.78, 5) is 28.6. The van der Waals surface area contributed by atoms with Gasteiger partial charge in [0.05, 0.1) is 37.8 Å². The number of anilines is 2. The summed E-state index contributed by atoms with van der Waals surface area (Å²) in [6, 6.07) is 19.6. The lowest BCUT2D eigenvalue weighted by atomic mass is 10.0. The molecule has 1 aliphatic heterocycles. The Hall–Kier alpha value is -4.26. The van der Waals surface area contributed by atoms with Crippen LogP contribution >= 0.6 is 0 Å². The molecule has 0 saturated heterocycles. The molecule has 34 heavy (non-hydrogen) atoms. The average Bonchev–Trinajstić information content (AvgIpc) is 3.09. The number of nitrogens with one attached hydrogen (secondary N) is 1. The molecular formula is C27H26N2O5. The minimum Gasteiger partial charge on any atom is -0.497 e. The fourth-order valence-electron chi connectivity index (χ4n) is 3.88. The van der Waals surface area contributed by atoms with Gasteiger partial charge in [0.15, 0.2) is 0 Å². The zero-order chi connectivity index (χ0) is 24.2. The van der Waals surface area contributed by atoms with Gasteiger partial charge in [-0.25, -0.2) is 4.90 Å². The molecule has 0 radical (unpaired) electrons. The van der Waals surface area contributed by atoms with E-state index in [2.05, 4.69) is 5.32 Å². The summed E-state index contributed by atoms with van der Waals surface area (Å²) in [5.41, 5.74) is 2.88. The molecule has 4 rings (SSSR count). The number of imide groups is 1. The molecular weight excluding hydrogens is 432 g/mol. The van der Waals surface area contributed by atoms with Crippen LogP contribution in [0.3, 0.4) is 0 Å². The zero-order valence-corrected chi connectivity index (χ0v) is 19.5. The van der Waals surface area contributed by atoms with Gasteiger partial charge in [0.25, 0.3) is 11.8 Å². The highest BCUT2D eigenvalue weighted by atomic mass is 16.5. The van der Waals surface area contributed by atoms with Crippen LogP contribution in [0, 0.1) is 6.92 Å². The van der Waals surface area contributed by atoms with Crippen molar-refractivity contribution in [2.75, 3.05) is 31.0 Å². The highest BCUT2D eigenvalue weighted by Gasteiger charge is 2.41. The van der Waals surface area contributed by atoms with E-state index in [1.54, 1.807) is 61.7 Å². The lowest BCUT2D eigenvalue weighted by Gasteiger charge is -2.18. The monoisotopic (exact) mass is 458 g/mol. The number of hydrogen-bond donors (Lipinski definition) is 1. The van der Waals surface area contributed by atoms with Crippen molar-refractivity contribution in [1.29, 1.82) is 0 Å². The molecule has 1 aliphatic rings. The molecule has 0 aliphatic carbocycles. The molecule has 174 valence electrons. The van der Waals surface area contributed by atoms with E-state index in [1.165, 1.54) is 12.0 Å². The Balaban J connectivity index is 1.84. The van der Waals surface area contributed by atoms with Crippen LogP contribution in [0.4, 0.5) is 11.4 Å². The van der Waals surface area contributed by atoms with Gasteiger partial charge in [-0.3, -0.25) is 9.59 Å². The molecule has 7 nitrogen and oxygen atoms in total. The summed E-state index contributed by atoms with van der Waals surface area (Å²) in [5, 5.41) is 3.15. The van der Waals surface area contributed by atoms with Gasteiger partial charge in [0.2, 0.25) is 0 Å². The average molecular weight is 459 g/mol. The molecule has 0 spiro atoms. The van der Waals surface area contributed by atoms with E-state index in [9.17, 15) is 9.59 Å². The van der Waals surface area contributed by atoms with Gasteiger partial charge < -0.3 is 19.5 Å². The maximum Gasteiger partial charge on any atom is 0.282 e. The predicted molar refractivity (Wildman–Crippen MR) is 131 cm³/mol. The number of methoxy groups -OCH3 is 2. The number of carbonyl (C=O) groups excluding carboxylic acids is 2. The van der Waals surface area contributed by atoms with E-state index >= 15 is 0 Å². The van der Waals surface area contributed by atoms with Gasteiger partial charge in [0, 0.05) is 6.07 Å². The van der Waals surface area contributed by atoms with Crippen molar-refractivity contribution in [1.82, 2.24) is 0 Å². The van der Waals surface area contributed by atoms with Gasteiger partial charge in [0.1, 0.15) is 22.9 Å². The van der Waals surface area contributed by atoms with Crippen molar-refractivity contribution in [3.63, 3.8) is 0 Å². The number of carbonyl (C=O) groups is 2. The van der Waals surface area contributed by atoms with Gasteiger partial charge in [-0.1, -0.05) is 30.3 Å². The first-order chi connectivity index (χ1) is 16.5. The molecule has 7 heteroatoms. The molecule has 0 aromatic heterocycles. The number of benzene rings is 3. The van der Waals surface area contributed by atoms with Crippen LogP contribution in [0.1, 0.15) is 18.1 Å². The number of rotatable bonds is 8. The van der Waals surface area contributed by atoms with Crippen molar-refractivity contribution < 1.29 is 23.8 Å². The van der Waals surface area contributed by atoms with E-state index in [0.717, 1.165) is 5.56 Å². The minimum absolute atomic E-state index is 0.156. The number of ether oxygens (including phenoxy) is 3. The molecule has 0 saturated carbocycles. The smallest absolute Gasteiger partial charge is 0.282 e. The lowest BCUT2D eigenvalue weighted by Crippen LogP contribution is -2.33. The van der Waals surface area contributed by atoms with Crippen LogP contribution in [-0.4, -0.2) is 32.6 Å². The first kappa shape index (κ1) is 22.9. The van der Waals surface area contributed by atoms with E-state index < -0.39 is 11.8 Å². The summed E-state index contributed by atoms with van der Waals surface area (Å²) in [6.45, 7) is 4.30. The second kappa shape index (κ2) is 9.70. The van der Waals surface area contributed by atoms with E-state index in [4.69, 9.17) is 14.2 Å². The van der Waals surface area contributed by atoms with Crippen molar-refractivity contribution in [3.8, 4) is 17.2 Å². The van der Waals surface area contributed by atoms with Crippen LogP contribution in [0.15, 0.2) is 72.4 Å². The first-order valence-corrected chi connectivity index (χ1v) is 10.9. The number of hydrogen-bond acceptors (Lipinski definition) is 6. The summed E-state index contributed by atoms with van der Waals surface area (Å²) in [6.07, 6.45) is 0. The summed E-state index contributed by atoms with van der Waals surface area (Å²) in [5.74, 6) is 0.914. The Morgan fingerprint density at radius 3 is 2.21 bits per heavy atom. The highest BCUT2D eigenvalue weighted by molar-refractivity contribution is 6.46. The quantitative estimate of drug-likeness (QED) is 0.489. The van der Waals surface area contributed by atoms with Crippen molar-refractivity contribution in [2.45, 2.75) is 13.8 Å². The lowest BCUT2D eigenvalue weighted by molar-refractivity contribution is -0.120. The second-order valence-corrected chi connectivity index (χ2v) is 7.63. The number of aryl methyl sites for hydroxylation is 1. The first-order valence-electron chi connectivity index (χ1n) is 10.9. The van der Waals surface area contributed by atoms with E-state index in [0.29, 0.717) is 40.8 Å². The molecule has 3 aromatic rings. The third-order valence-corrected chi connectivity index (χ3v) is 5.56. The zero-order valence-electron chi connectivity index (χ0n) is 19.5. The molecule has 2 amide bonds. The van der Waals surface area contributed by atoms with Crippen LogP contribution < -0.4 is 24.4 Å². The van der Waals surface area contributed by atoms with Crippen LogP contribution in [0.5, 0.6) is 17.2 Å². The normalized spacial score (nSPS) is 13.4. The van der Waals surface area contributed by atoms with Crippen LogP contribution in [0.25, 0.3) is 5.57 Å². The largest absolute Gasteiger partial charge is 0.497 e. The third-order valence-electron chi connectivity index (χ3n) is 5.56. The fourth-order valence-corrected chi connectivity index (χ4v) is 3.88. The maximum absolute atomic E-state index is 13.7. The van der Waals surface area contributed by atoms with Gasteiger partial charge in [-0.05, 0) is 55.3 Å². The van der Waals surface area contributed by atoms with Gasteiger partial charge in [-0.15, -0.1) is 0 Å². The van der Waals surface area contributed by atoms with E-state index in [1.807, 2.05) is 26.0 Å². The highest BCUT2D eigenvalue weighted by Crippen LogP contribution is 2.38. The topological polar surface area (TPSA) is 77.1 Å². The Kier molecular flexibility index (Phi) is 6.54. The Bertz CT molecular complexity index is 1260. The summed E-state index contributed by atoms with van der Waals surface area (Å²) < 4.78 is 16.3. The standard InChI is InChI=1S/C27H26N2O5/c1-5-34-19-12-10-18(11-13-19)24-25(28-21-16-20(32-3)14-15-23(21)33-4)27(31)29(26(24)30)22-9-7-6-8-17(22)2/h6-16,28H,5H2,1-4H3. The minimum atomic E-state index is -0.451. The van der Waals surface area contributed by atoms with Gasteiger partial charge in [-0.2, -0.15) is 0 Å². The Morgan fingerprint density at radius 1 is 0.853 bits per heavy atom. The van der Waals surface area contributed by atoms with Gasteiger partial charge >= 0.3 is 0 Å². The molecule has 0 fully saturated rings. The van der Waals surface area contributed by atoms with Crippen molar-refractivity contribution in [2.24, 2.45) is 0 Å². The van der Waals surface area contributed by atoms with Crippen molar-refractivity contribution >= 4 is 28.8 Å². The number of amides is 2. The number of nitrogens with zero attached hydrogens (tertiary/aromatic N) is 1.